The molecule has 1 rings (SSSR count). The third-order valence-electron chi connectivity index (χ3n) is 1.90. The van der Waals surface area contributed by atoms with Crippen LogP contribution in [0.4, 0.5) is 11.4 Å². The normalized spacial score (nSPS) is 9.86. The highest BCUT2D eigenvalue weighted by atomic mass is 16.1. The molecule has 0 aliphatic rings. The summed E-state index contributed by atoms with van der Waals surface area (Å²) in [7, 11) is 0. The van der Waals surface area contributed by atoms with Crippen LogP contribution >= 0.6 is 0 Å². The Morgan fingerprint density at radius 3 is 2.71 bits per heavy atom. The predicted molar refractivity (Wildman–Crippen MR) is 58.4 cm³/mol. The van der Waals surface area contributed by atoms with Crippen LogP contribution in [0.2, 0.25) is 0 Å². The van der Waals surface area contributed by atoms with E-state index in [4.69, 9.17) is 11.5 Å². The third kappa shape index (κ3) is 2.47. The molecule has 0 radical (unpaired) electrons. The van der Waals surface area contributed by atoms with Crippen LogP contribution in [0.5, 0.6) is 0 Å². The monoisotopic (exact) mass is 193 g/mol. The van der Waals surface area contributed by atoms with Crippen molar-refractivity contribution >= 4 is 17.2 Å². The van der Waals surface area contributed by atoms with Gasteiger partial charge in [0.15, 0.2) is 5.78 Å². The molecule has 1 aromatic rings. The summed E-state index contributed by atoms with van der Waals surface area (Å²) in [6, 6.07) is 5.28. The molecule has 5 N–H and O–H groups in total. The van der Waals surface area contributed by atoms with Crippen molar-refractivity contribution in [3.05, 3.63) is 23.8 Å². The van der Waals surface area contributed by atoms with E-state index >= 15 is 0 Å². The molecule has 0 aliphatic heterocycles. The third-order valence-corrected chi connectivity index (χ3v) is 1.90. The first-order valence-corrected chi connectivity index (χ1v) is 4.49. The Kier molecular flexibility index (Phi) is 3.48. The molecule has 0 bridgehead atoms. The van der Waals surface area contributed by atoms with Crippen molar-refractivity contribution in [1.29, 1.82) is 0 Å². The fourth-order valence-corrected chi connectivity index (χ4v) is 1.21. The Labute approximate surface area is 83.3 Å². The maximum atomic E-state index is 11.1. The summed E-state index contributed by atoms with van der Waals surface area (Å²) in [5.41, 5.74) is 13.0. The van der Waals surface area contributed by atoms with Crippen molar-refractivity contribution in [2.45, 2.75) is 6.92 Å². The second-order valence-corrected chi connectivity index (χ2v) is 3.07. The minimum absolute atomic E-state index is 0.0205. The van der Waals surface area contributed by atoms with Gasteiger partial charge in [0, 0.05) is 30.0 Å². The molecule has 0 saturated heterocycles. The number of Topliss-reactive ketones (excluding diaryl/α,β-unsaturated/α-hetero) is 1. The Morgan fingerprint density at radius 2 is 2.21 bits per heavy atom. The van der Waals surface area contributed by atoms with Gasteiger partial charge in [0.1, 0.15) is 0 Å². The lowest BCUT2D eigenvalue weighted by atomic mass is 10.1. The number of ketones is 1. The number of rotatable bonds is 4. The molecule has 4 nitrogen and oxygen atoms in total. The van der Waals surface area contributed by atoms with Crippen LogP contribution in [0.15, 0.2) is 18.2 Å². The average Bonchev–Trinajstić information content (AvgIpc) is 2.14. The highest BCUT2D eigenvalue weighted by molar-refractivity contribution is 5.99. The largest absolute Gasteiger partial charge is 0.398 e. The van der Waals surface area contributed by atoms with Crippen molar-refractivity contribution < 1.29 is 4.79 Å². The lowest BCUT2D eigenvalue weighted by Crippen LogP contribution is -2.13. The van der Waals surface area contributed by atoms with Crippen LogP contribution in [0.3, 0.4) is 0 Å². The highest BCUT2D eigenvalue weighted by Gasteiger charge is 2.04. The Balaban J connectivity index is 2.83. The first-order valence-electron chi connectivity index (χ1n) is 4.49. The van der Waals surface area contributed by atoms with Crippen molar-refractivity contribution in [2.24, 2.45) is 5.73 Å². The molecule has 0 aromatic heterocycles. The molecule has 0 unspecified atom stereocenters. The molecular weight excluding hydrogens is 178 g/mol. The summed E-state index contributed by atoms with van der Waals surface area (Å²) in [6.45, 7) is 2.76. The quantitative estimate of drug-likeness (QED) is 0.489. The lowest BCUT2D eigenvalue weighted by Gasteiger charge is -2.07. The summed E-state index contributed by atoms with van der Waals surface area (Å²) in [5.74, 6) is -0.0205. The highest BCUT2D eigenvalue weighted by Crippen LogP contribution is 2.18. The zero-order chi connectivity index (χ0) is 10.6. The molecule has 1 aromatic carbocycles. The average molecular weight is 193 g/mol. The van der Waals surface area contributed by atoms with E-state index in [9.17, 15) is 4.79 Å². The van der Waals surface area contributed by atoms with Gasteiger partial charge in [0.05, 0.1) is 0 Å². The van der Waals surface area contributed by atoms with Crippen LogP contribution in [-0.2, 0) is 0 Å². The number of hydrogen-bond donors (Lipinski definition) is 3. The molecule has 4 heteroatoms. The van der Waals surface area contributed by atoms with Gasteiger partial charge in [-0.1, -0.05) is 0 Å². The molecule has 0 atom stereocenters. The van der Waals surface area contributed by atoms with Crippen molar-refractivity contribution in [3.8, 4) is 0 Å². The van der Waals surface area contributed by atoms with Crippen molar-refractivity contribution in [1.82, 2.24) is 0 Å². The van der Waals surface area contributed by atoms with E-state index in [0.717, 1.165) is 5.69 Å². The van der Waals surface area contributed by atoms with Crippen LogP contribution < -0.4 is 16.8 Å². The number of nitrogen functional groups attached to an aromatic ring is 1. The van der Waals surface area contributed by atoms with Crippen LogP contribution in [0, 0.1) is 0 Å². The van der Waals surface area contributed by atoms with Gasteiger partial charge in [0.2, 0.25) is 0 Å². The molecule has 0 heterocycles. The van der Waals surface area contributed by atoms with Gasteiger partial charge < -0.3 is 16.8 Å². The van der Waals surface area contributed by atoms with Gasteiger partial charge >= 0.3 is 0 Å². The van der Waals surface area contributed by atoms with E-state index in [-0.39, 0.29) is 5.78 Å². The number of anilines is 2. The van der Waals surface area contributed by atoms with Crippen LogP contribution in [0.1, 0.15) is 17.3 Å². The number of carbonyl (C=O) groups is 1. The molecule has 0 fully saturated rings. The fraction of sp³-hybridized carbons (Fsp3) is 0.300. The Hall–Kier alpha value is -1.55. The van der Waals surface area contributed by atoms with Crippen LogP contribution in [0.25, 0.3) is 0 Å². The minimum Gasteiger partial charge on any atom is -0.398 e. The first-order chi connectivity index (χ1) is 6.65. The Morgan fingerprint density at radius 1 is 1.50 bits per heavy atom. The van der Waals surface area contributed by atoms with E-state index < -0.39 is 0 Å². The van der Waals surface area contributed by atoms with Gasteiger partial charge in [0.25, 0.3) is 0 Å². The van der Waals surface area contributed by atoms with E-state index in [1.807, 2.05) is 6.07 Å². The van der Waals surface area contributed by atoms with Gasteiger partial charge in [-0.3, -0.25) is 4.79 Å². The van der Waals surface area contributed by atoms with Gasteiger partial charge in [-0.05, 0) is 25.1 Å². The molecule has 14 heavy (non-hydrogen) atoms. The number of carbonyl (C=O) groups excluding carboxylic acids is 1. The second-order valence-electron chi connectivity index (χ2n) is 3.07. The van der Waals surface area contributed by atoms with E-state index in [1.54, 1.807) is 12.1 Å². The molecule has 76 valence electrons. The maximum Gasteiger partial charge on any atom is 0.161 e. The van der Waals surface area contributed by atoms with Gasteiger partial charge in [-0.25, -0.2) is 0 Å². The SMILES string of the molecule is CC(=O)c1ccc(NCCN)cc1N. The maximum absolute atomic E-state index is 11.1. The predicted octanol–water partition coefficient (Wildman–Crippen LogP) is 0.842. The fourth-order valence-electron chi connectivity index (χ4n) is 1.21. The van der Waals surface area contributed by atoms with Gasteiger partial charge in [-0.15, -0.1) is 0 Å². The van der Waals surface area contributed by atoms with Gasteiger partial charge in [-0.2, -0.15) is 0 Å². The van der Waals surface area contributed by atoms with Crippen LogP contribution in [-0.4, -0.2) is 18.9 Å². The van der Waals surface area contributed by atoms with E-state index in [0.29, 0.717) is 24.3 Å². The first kappa shape index (κ1) is 10.5. The molecule has 0 saturated carbocycles. The summed E-state index contributed by atoms with van der Waals surface area (Å²) in [4.78, 5) is 11.1. The van der Waals surface area contributed by atoms with Crippen molar-refractivity contribution in [2.75, 3.05) is 24.1 Å². The number of nitrogens with two attached hydrogens (primary N) is 2. The zero-order valence-corrected chi connectivity index (χ0v) is 8.21. The van der Waals surface area contributed by atoms with E-state index in [1.165, 1.54) is 6.92 Å². The summed E-state index contributed by atoms with van der Waals surface area (Å²) in [5, 5.41) is 3.08. The molecule has 0 spiro atoms. The molecular formula is C10H15N3O. The lowest BCUT2D eigenvalue weighted by molar-refractivity contribution is 0.101. The number of benzene rings is 1. The number of nitrogens with one attached hydrogen (secondary N) is 1. The zero-order valence-electron chi connectivity index (χ0n) is 8.21. The summed E-state index contributed by atoms with van der Waals surface area (Å²) < 4.78 is 0. The van der Waals surface area contributed by atoms with Crippen molar-refractivity contribution in [3.63, 3.8) is 0 Å². The summed E-state index contributed by atoms with van der Waals surface area (Å²) >= 11 is 0. The van der Waals surface area contributed by atoms with E-state index in [2.05, 4.69) is 5.32 Å². The summed E-state index contributed by atoms with van der Waals surface area (Å²) in [6.07, 6.45) is 0. The topological polar surface area (TPSA) is 81.1 Å². The minimum atomic E-state index is -0.0205. The second kappa shape index (κ2) is 4.62. The smallest absolute Gasteiger partial charge is 0.161 e. The molecule has 0 aliphatic carbocycles. The molecule has 0 amide bonds. The Bertz CT molecular complexity index is 336. The number of hydrogen-bond acceptors (Lipinski definition) is 4. The standard InChI is InChI=1S/C10H15N3O/c1-7(14)9-3-2-8(6-10(9)12)13-5-4-11/h2-3,6,13H,4-5,11-12H2,1H3.